The Labute approximate surface area is 128 Å². The van der Waals surface area contributed by atoms with Gasteiger partial charge in [-0.05, 0) is 38.1 Å². The molecule has 106 valence electrons. The Hall–Kier alpha value is -1.58. The lowest BCUT2D eigenvalue weighted by molar-refractivity contribution is 0.243. The Kier molecular flexibility index (Phi) is 4.63. The van der Waals surface area contributed by atoms with Gasteiger partial charge in [0.15, 0.2) is 5.75 Å². The summed E-state index contributed by atoms with van der Waals surface area (Å²) in [6.45, 7) is 3.87. The molecule has 2 rings (SSSR count). The fourth-order valence-electron chi connectivity index (χ4n) is 1.64. The van der Waals surface area contributed by atoms with Crippen LogP contribution in [0.5, 0.6) is 17.2 Å². The molecular weight excluding hydrogens is 297 g/mol. The van der Waals surface area contributed by atoms with E-state index in [0.717, 1.165) is 0 Å². The maximum atomic E-state index is 6.04. The molecule has 5 heteroatoms. The van der Waals surface area contributed by atoms with E-state index >= 15 is 0 Å². The maximum absolute atomic E-state index is 6.04. The summed E-state index contributed by atoms with van der Waals surface area (Å²) < 4.78 is 11.3. The summed E-state index contributed by atoms with van der Waals surface area (Å²) >= 11 is 11.8. The summed E-state index contributed by atoms with van der Waals surface area (Å²) in [5, 5.41) is 0.904. The number of ether oxygens (including phenoxy) is 2. The van der Waals surface area contributed by atoms with E-state index in [1.165, 1.54) is 0 Å². The van der Waals surface area contributed by atoms with Crippen LogP contribution in [-0.2, 0) is 0 Å². The Morgan fingerprint density at radius 2 is 1.70 bits per heavy atom. The second-order valence-corrected chi connectivity index (χ2v) is 5.33. The molecule has 0 atom stereocenters. The zero-order valence-corrected chi connectivity index (χ0v) is 12.7. The molecule has 0 aliphatic carbocycles. The fourth-order valence-corrected chi connectivity index (χ4v) is 1.92. The van der Waals surface area contributed by atoms with Crippen molar-refractivity contribution in [1.29, 1.82) is 0 Å². The zero-order valence-electron chi connectivity index (χ0n) is 11.2. The van der Waals surface area contributed by atoms with Crippen LogP contribution in [0.15, 0.2) is 36.4 Å². The number of nitrogens with two attached hydrogens (primary N) is 1. The largest absolute Gasteiger partial charge is 0.489 e. The van der Waals surface area contributed by atoms with Gasteiger partial charge in [0, 0.05) is 6.07 Å². The Morgan fingerprint density at radius 1 is 1.00 bits per heavy atom. The number of rotatable bonds is 4. The predicted molar refractivity (Wildman–Crippen MR) is 83.2 cm³/mol. The van der Waals surface area contributed by atoms with Gasteiger partial charge in [0.1, 0.15) is 17.2 Å². The second-order valence-electron chi connectivity index (χ2n) is 4.51. The lowest BCUT2D eigenvalue weighted by Gasteiger charge is -2.15. The highest BCUT2D eigenvalue weighted by Crippen LogP contribution is 2.36. The van der Waals surface area contributed by atoms with Gasteiger partial charge in [-0.3, -0.25) is 0 Å². The van der Waals surface area contributed by atoms with Gasteiger partial charge in [0.25, 0.3) is 0 Å². The van der Waals surface area contributed by atoms with Crippen molar-refractivity contribution in [1.82, 2.24) is 0 Å². The second kappa shape index (κ2) is 6.25. The quantitative estimate of drug-likeness (QED) is 0.794. The van der Waals surface area contributed by atoms with Gasteiger partial charge >= 0.3 is 0 Å². The highest BCUT2D eigenvalue weighted by molar-refractivity contribution is 6.42. The standard InChI is InChI=1S/C15H15Cl2NO2/c1-9(2)19-13-4-3-5-14(15(13)18)20-10-6-7-11(16)12(17)8-10/h3-9H,18H2,1-2H3. The molecule has 0 fully saturated rings. The van der Waals surface area contributed by atoms with Crippen LogP contribution in [0.4, 0.5) is 5.69 Å². The molecule has 0 unspecified atom stereocenters. The van der Waals surface area contributed by atoms with E-state index in [1.807, 2.05) is 19.9 Å². The highest BCUT2D eigenvalue weighted by Gasteiger charge is 2.10. The summed E-state index contributed by atoms with van der Waals surface area (Å²) in [7, 11) is 0. The molecule has 2 N–H and O–H groups in total. The third kappa shape index (κ3) is 3.50. The van der Waals surface area contributed by atoms with Gasteiger partial charge in [-0.25, -0.2) is 0 Å². The van der Waals surface area contributed by atoms with Crippen LogP contribution < -0.4 is 15.2 Å². The van der Waals surface area contributed by atoms with Crippen molar-refractivity contribution in [2.24, 2.45) is 0 Å². The van der Waals surface area contributed by atoms with E-state index in [0.29, 0.717) is 33.0 Å². The SMILES string of the molecule is CC(C)Oc1cccc(Oc2ccc(Cl)c(Cl)c2)c1N. The molecule has 2 aromatic carbocycles. The Balaban J connectivity index is 2.27. The van der Waals surface area contributed by atoms with Gasteiger partial charge in [-0.15, -0.1) is 0 Å². The molecule has 2 aromatic rings. The van der Waals surface area contributed by atoms with E-state index in [4.69, 9.17) is 38.4 Å². The number of nitrogen functional groups attached to an aromatic ring is 1. The lowest BCUT2D eigenvalue weighted by atomic mass is 10.2. The summed E-state index contributed by atoms with van der Waals surface area (Å²) in [5.41, 5.74) is 6.49. The molecule has 0 radical (unpaired) electrons. The molecule has 0 aromatic heterocycles. The molecule has 0 aliphatic heterocycles. The minimum absolute atomic E-state index is 0.0394. The summed E-state index contributed by atoms with van der Waals surface area (Å²) in [4.78, 5) is 0. The van der Waals surface area contributed by atoms with Crippen molar-refractivity contribution in [2.75, 3.05) is 5.73 Å². The highest BCUT2D eigenvalue weighted by atomic mass is 35.5. The first kappa shape index (κ1) is 14.8. The van der Waals surface area contributed by atoms with Gasteiger partial charge in [0.05, 0.1) is 16.1 Å². The number of anilines is 1. The minimum Gasteiger partial charge on any atom is -0.489 e. The van der Waals surface area contributed by atoms with Crippen LogP contribution in [0, 0.1) is 0 Å². The lowest BCUT2D eigenvalue weighted by Crippen LogP contribution is -2.07. The molecule has 0 amide bonds. The molecule has 0 saturated carbocycles. The number of benzene rings is 2. The van der Waals surface area contributed by atoms with Crippen LogP contribution in [0.25, 0.3) is 0 Å². The average molecular weight is 312 g/mol. The maximum Gasteiger partial charge on any atom is 0.154 e. The Bertz CT molecular complexity index is 615. The first-order valence-electron chi connectivity index (χ1n) is 6.15. The van der Waals surface area contributed by atoms with Gasteiger partial charge < -0.3 is 15.2 Å². The van der Waals surface area contributed by atoms with Crippen molar-refractivity contribution >= 4 is 28.9 Å². The normalized spacial score (nSPS) is 10.7. The number of hydrogen-bond donors (Lipinski definition) is 1. The smallest absolute Gasteiger partial charge is 0.154 e. The van der Waals surface area contributed by atoms with Crippen molar-refractivity contribution in [3.63, 3.8) is 0 Å². The van der Waals surface area contributed by atoms with Crippen LogP contribution in [0.3, 0.4) is 0 Å². The predicted octanol–water partition coefficient (Wildman–Crippen LogP) is 5.16. The number of para-hydroxylation sites is 1. The molecule has 3 nitrogen and oxygen atoms in total. The molecule has 0 bridgehead atoms. The molecule has 20 heavy (non-hydrogen) atoms. The topological polar surface area (TPSA) is 44.5 Å². The summed E-state index contributed by atoms with van der Waals surface area (Å²) in [6.07, 6.45) is 0.0394. The van der Waals surface area contributed by atoms with Gasteiger partial charge in [0.2, 0.25) is 0 Å². The van der Waals surface area contributed by atoms with Gasteiger partial charge in [-0.1, -0.05) is 29.3 Å². The van der Waals surface area contributed by atoms with E-state index in [2.05, 4.69) is 0 Å². The van der Waals surface area contributed by atoms with Crippen molar-refractivity contribution in [3.05, 3.63) is 46.4 Å². The van der Waals surface area contributed by atoms with E-state index in [9.17, 15) is 0 Å². The minimum atomic E-state index is 0.0394. The summed E-state index contributed by atoms with van der Waals surface area (Å²) in [5.74, 6) is 1.67. The van der Waals surface area contributed by atoms with Crippen LogP contribution in [0.2, 0.25) is 10.0 Å². The monoisotopic (exact) mass is 311 g/mol. The van der Waals surface area contributed by atoms with Crippen LogP contribution in [-0.4, -0.2) is 6.10 Å². The fraction of sp³-hybridized carbons (Fsp3) is 0.200. The third-order valence-electron chi connectivity index (χ3n) is 2.51. The zero-order chi connectivity index (χ0) is 14.7. The van der Waals surface area contributed by atoms with E-state index in [-0.39, 0.29) is 6.10 Å². The van der Waals surface area contributed by atoms with Gasteiger partial charge in [-0.2, -0.15) is 0 Å². The number of halogens is 2. The third-order valence-corrected chi connectivity index (χ3v) is 3.25. The molecule has 0 heterocycles. The molecule has 0 aliphatic rings. The van der Waals surface area contributed by atoms with E-state index in [1.54, 1.807) is 30.3 Å². The summed E-state index contributed by atoms with van der Waals surface area (Å²) in [6, 6.07) is 10.4. The van der Waals surface area contributed by atoms with Crippen molar-refractivity contribution in [2.45, 2.75) is 20.0 Å². The van der Waals surface area contributed by atoms with Crippen LogP contribution in [0.1, 0.15) is 13.8 Å². The van der Waals surface area contributed by atoms with Crippen molar-refractivity contribution < 1.29 is 9.47 Å². The van der Waals surface area contributed by atoms with Crippen LogP contribution >= 0.6 is 23.2 Å². The Morgan fingerprint density at radius 3 is 2.35 bits per heavy atom. The molecule has 0 spiro atoms. The first-order chi connectivity index (χ1) is 9.47. The first-order valence-corrected chi connectivity index (χ1v) is 6.91. The molecule has 0 saturated heterocycles. The van der Waals surface area contributed by atoms with Crippen molar-refractivity contribution in [3.8, 4) is 17.2 Å². The number of hydrogen-bond acceptors (Lipinski definition) is 3. The van der Waals surface area contributed by atoms with E-state index < -0.39 is 0 Å². The molecular formula is C15H15Cl2NO2. The average Bonchev–Trinajstić information content (AvgIpc) is 2.38.